The second-order valence-corrected chi connectivity index (χ2v) is 5.63. The Morgan fingerprint density at radius 3 is 2.47 bits per heavy atom. The van der Waals surface area contributed by atoms with Gasteiger partial charge in [0.25, 0.3) is 11.6 Å². The highest BCUT2D eigenvalue weighted by molar-refractivity contribution is 9.09. The zero-order valence-electron chi connectivity index (χ0n) is 10.6. The first kappa shape index (κ1) is 16.1. The average molecular weight is 394 g/mol. The van der Waals surface area contributed by atoms with E-state index in [1.807, 2.05) is 6.92 Å². The molecule has 0 radical (unpaired) electrons. The number of hydrogen-bond donors (Lipinski definition) is 1. The Kier molecular flexibility index (Phi) is 5.49. The lowest BCUT2D eigenvalue weighted by Gasteiger charge is -2.26. The number of nitrogens with zero attached hydrogens (tertiary/aromatic N) is 1. The molecule has 0 saturated carbocycles. The SMILES string of the molecule is Cc1cccc([N+](=O)[O-])c1C(=O)NC(C)(CBr)CBr. The van der Waals surface area contributed by atoms with Crippen molar-refractivity contribution >= 4 is 43.5 Å². The van der Waals surface area contributed by atoms with Crippen molar-refractivity contribution < 1.29 is 9.72 Å². The van der Waals surface area contributed by atoms with Crippen molar-refractivity contribution in [2.75, 3.05) is 10.7 Å². The summed E-state index contributed by atoms with van der Waals surface area (Å²) in [7, 11) is 0. The summed E-state index contributed by atoms with van der Waals surface area (Å²) in [6.45, 7) is 3.53. The number of rotatable bonds is 5. The van der Waals surface area contributed by atoms with E-state index in [9.17, 15) is 14.9 Å². The number of aryl methyl sites for hydroxylation is 1. The van der Waals surface area contributed by atoms with Crippen LogP contribution in [0.15, 0.2) is 18.2 Å². The highest BCUT2D eigenvalue weighted by Gasteiger charge is 2.29. The molecular formula is C12H14Br2N2O3. The largest absolute Gasteiger partial charge is 0.345 e. The smallest absolute Gasteiger partial charge is 0.282 e. The highest BCUT2D eigenvalue weighted by atomic mass is 79.9. The molecule has 1 N–H and O–H groups in total. The van der Waals surface area contributed by atoms with Crippen LogP contribution in [0.5, 0.6) is 0 Å². The summed E-state index contributed by atoms with van der Waals surface area (Å²) in [6.07, 6.45) is 0. The summed E-state index contributed by atoms with van der Waals surface area (Å²) in [5, 5.41) is 14.9. The molecule has 0 spiro atoms. The second-order valence-electron chi connectivity index (χ2n) is 4.51. The van der Waals surface area contributed by atoms with Crippen molar-refractivity contribution in [1.82, 2.24) is 5.32 Å². The molecule has 7 heteroatoms. The summed E-state index contributed by atoms with van der Waals surface area (Å²) < 4.78 is 0. The zero-order valence-corrected chi connectivity index (χ0v) is 13.7. The Bertz CT molecular complexity index is 502. The lowest BCUT2D eigenvalue weighted by Crippen LogP contribution is -2.49. The number of nitrogens with one attached hydrogen (secondary N) is 1. The highest BCUT2D eigenvalue weighted by Crippen LogP contribution is 2.23. The maximum Gasteiger partial charge on any atom is 0.282 e. The van der Waals surface area contributed by atoms with Gasteiger partial charge < -0.3 is 5.32 Å². The quantitative estimate of drug-likeness (QED) is 0.474. The molecule has 5 nitrogen and oxygen atoms in total. The predicted molar refractivity (Wildman–Crippen MR) is 81.3 cm³/mol. The number of halogens is 2. The summed E-state index contributed by atoms with van der Waals surface area (Å²) in [5.74, 6) is -0.439. The van der Waals surface area contributed by atoms with Gasteiger partial charge in [-0.05, 0) is 19.4 Å². The van der Waals surface area contributed by atoms with Gasteiger partial charge in [0.15, 0.2) is 0 Å². The molecule has 19 heavy (non-hydrogen) atoms. The monoisotopic (exact) mass is 392 g/mol. The molecule has 1 rings (SSSR count). The van der Waals surface area contributed by atoms with Crippen molar-refractivity contribution in [3.63, 3.8) is 0 Å². The molecule has 1 aromatic rings. The molecule has 1 amide bonds. The average Bonchev–Trinajstić information content (AvgIpc) is 2.37. The molecule has 1 aromatic carbocycles. The van der Waals surface area contributed by atoms with Gasteiger partial charge in [-0.25, -0.2) is 0 Å². The molecule has 0 bridgehead atoms. The summed E-state index contributed by atoms with van der Waals surface area (Å²) >= 11 is 6.64. The first-order valence-electron chi connectivity index (χ1n) is 5.53. The van der Waals surface area contributed by atoms with Crippen LogP contribution in [0.3, 0.4) is 0 Å². The van der Waals surface area contributed by atoms with Gasteiger partial charge in [0.05, 0.1) is 10.5 Å². The predicted octanol–water partition coefficient (Wildman–Crippen LogP) is 3.18. The minimum atomic E-state index is -0.540. The van der Waals surface area contributed by atoms with E-state index in [-0.39, 0.29) is 11.3 Å². The molecule has 0 heterocycles. The van der Waals surface area contributed by atoms with E-state index in [0.717, 1.165) is 0 Å². The summed E-state index contributed by atoms with van der Waals surface area (Å²) in [4.78, 5) is 22.7. The fourth-order valence-corrected chi connectivity index (χ4v) is 2.75. The van der Waals surface area contributed by atoms with Gasteiger partial charge >= 0.3 is 0 Å². The van der Waals surface area contributed by atoms with E-state index in [1.165, 1.54) is 6.07 Å². The van der Waals surface area contributed by atoms with Crippen LogP contribution < -0.4 is 5.32 Å². The normalized spacial score (nSPS) is 11.2. The summed E-state index contributed by atoms with van der Waals surface area (Å²) in [6, 6.07) is 4.58. The van der Waals surface area contributed by atoms with Crippen molar-refractivity contribution in [1.29, 1.82) is 0 Å². The van der Waals surface area contributed by atoms with Gasteiger partial charge in [0, 0.05) is 16.7 Å². The van der Waals surface area contributed by atoms with Crippen LogP contribution in [0.4, 0.5) is 5.69 Å². The molecule has 0 aromatic heterocycles. The van der Waals surface area contributed by atoms with E-state index in [4.69, 9.17) is 0 Å². The van der Waals surface area contributed by atoms with E-state index in [0.29, 0.717) is 16.2 Å². The second kappa shape index (κ2) is 6.47. The third kappa shape index (κ3) is 3.76. The van der Waals surface area contributed by atoms with E-state index >= 15 is 0 Å². The Labute approximate surface area is 128 Å². The Balaban J connectivity index is 3.16. The van der Waals surface area contributed by atoms with E-state index < -0.39 is 16.4 Å². The molecule has 0 aliphatic rings. The van der Waals surface area contributed by atoms with Crippen molar-refractivity contribution in [3.8, 4) is 0 Å². The van der Waals surface area contributed by atoms with Crippen molar-refractivity contribution in [2.24, 2.45) is 0 Å². The number of carbonyl (C=O) groups is 1. The summed E-state index contributed by atoms with van der Waals surface area (Å²) in [5.41, 5.74) is 0.00978. The molecule has 0 aliphatic heterocycles. The molecule has 0 atom stereocenters. The van der Waals surface area contributed by atoms with Crippen molar-refractivity contribution in [2.45, 2.75) is 19.4 Å². The minimum absolute atomic E-state index is 0.112. The molecular weight excluding hydrogens is 380 g/mol. The van der Waals surface area contributed by atoms with Gasteiger partial charge in [-0.1, -0.05) is 44.0 Å². The van der Waals surface area contributed by atoms with E-state index in [1.54, 1.807) is 19.1 Å². The fraction of sp³-hybridized carbons (Fsp3) is 0.417. The van der Waals surface area contributed by atoms with Crippen molar-refractivity contribution in [3.05, 3.63) is 39.4 Å². The van der Waals surface area contributed by atoms with Crippen LogP contribution in [0.1, 0.15) is 22.8 Å². The Morgan fingerprint density at radius 1 is 1.42 bits per heavy atom. The van der Waals surface area contributed by atoms with E-state index in [2.05, 4.69) is 37.2 Å². The molecule has 0 fully saturated rings. The van der Waals surface area contributed by atoms with Gasteiger partial charge in [-0.15, -0.1) is 0 Å². The Hall–Kier alpha value is -0.950. The molecule has 0 unspecified atom stereocenters. The third-order valence-corrected chi connectivity index (χ3v) is 5.15. The van der Waals surface area contributed by atoms with Gasteiger partial charge in [-0.2, -0.15) is 0 Å². The zero-order chi connectivity index (χ0) is 14.6. The number of benzene rings is 1. The van der Waals surface area contributed by atoms with Crippen LogP contribution in [0.2, 0.25) is 0 Å². The first-order chi connectivity index (χ1) is 8.84. The van der Waals surface area contributed by atoms with Gasteiger partial charge in [-0.3, -0.25) is 14.9 Å². The molecule has 0 saturated heterocycles. The van der Waals surface area contributed by atoms with Crippen LogP contribution in [0.25, 0.3) is 0 Å². The molecule has 104 valence electrons. The van der Waals surface area contributed by atoms with Crippen LogP contribution in [0, 0.1) is 17.0 Å². The third-order valence-electron chi connectivity index (χ3n) is 2.68. The van der Waals surface area contributed by atoms with Gasteiger partial charge in [0.1, 0.15) is 5.56 Å². The van der Waals surface area contributed by atoms with Gasteiger partial charge in [0.2, 0.25) is 0 Å². The number of carbonyl (C=O) groups excluding carboxylic acids is 1. The van der Waals surface area contributed by atoms with Crippen LogP contribution >= 0.6 is 31.9 Å². The number of nitro benzene ring substituents is 1. The Morgan fingerprint density at radius 2 is 2.00 bits per heavy atom. The standard InChI is InChI=1S/C12H14Br2N2O3/c1-8-4-3-5-9(16(18)19)10(8)11(17)15-12(2,6-13)7-14/h3-5H,6-7H2,1-2H3,(H,15,17). The number of hydrogen-bond acceptors (Lipinski definition) is 3. The number of amides is 1. The topological polar surface area (TPSA) is 72.2 Å². The van der Waals surface area contributed by atoms with Crippen LogP contribution in [-0.4, -0.2) is 27.0 Å². The maximum absolute atomic E-state index is 12.3. The molecule has 0 aliphatic carbocycles. The fourth-order valence-electron chi connectivity index (χ4n) is 1.54. The lowest BCUT2D eigenvalue weighted by atomic mass is 10.0. The first-order valence-corrected chi connectivity index (χ1v) is 7.77. The number of alkyl halides is 2. The lowest BCUT2D eigenvalue weighted by molar-refractivity contribution is -0.385. The number of nitro groups is 1. The maximum atomic E-state index is 12.3. The minimum Gasteiger partial charge on any atom is -0.345 e. The van der Waals surface area contributed by atoms with Crippen LogP contribution in [-0.2, 0) is 0 Å².